The molecule has 0 fully saturated rings. The van der Waals surface area contributed by atoms with Crippen molar-refractivity contribution in [1.82, 2.24) is 10.6 Å². The van der Waals surface area contributed by atoms with Crippen molar-refractivity contribution < 1.29 is 23.9 Å². The fourth-order valence-electron chi connectivity index (χ4n) is 2.34. The first-order valence-electron chi connectivity index (χ1n) is 8.68. The maximum atomic E-state index is 12.5. The van der Waals surface area contributed by atoms with E-state index >= 15 is 0 Å². The molecule has 0 spiro atoms. The van der Waals surface area contributed by atoms with Gasteiger partial charge in [-0.25, -0.2) is 0 Å². The van der Waals surface area contributed by atoms with Crippen LogP contribution in [0.3, 0.4) is 0 Å². The van der Waals surface area contributed by atoms with E-state index in [1.165, 1.54) is 12.3 Å². The van der Waals surface area contributed by atoms with Crippen molar-refractivity contribution in [2.24, 2.45) is 0 Å². The number of nitrogens with one attached hydrogen (secondary N) is 2. The van der Waals surface area contributed by atoms with Gasteiger partial charge in [0.2, 0.25) is 0 Å². The summed E-state index contributed by atoms with van der Waals surface area (Å²) in [6, 6.07) is 12.3. The predicted molar refractivity (Wildman–Crippen MR) is 99.7 cm³/mol. The second kappa shape index (κ2) is 10.6. The van der Waals surface area contributed by atoms with Gasteiger partial charge in [-0.2, -0.15) is 0 Å². The Morgan fingerprint density at radius 3 is 2.44 bits per heavy atom. The number of amides is 2. The highest BCUT2D eigenvalue weighted by Gasteiger charge is 2.16. The first-order valence-corrected chi connectivity index (χ1v) is 8.68. The number of carboxylic acids is 1. The zero-order chi connectivity index (χ0) is 19.5. The van der Waals surface area contributed by atoms with E-state index in [-0.39, 0.29) is 17.9 Å². The number of hydrogen-bond donors (Lipinski definition) is 3. The third-order valence-electron chi connectivity index (χ3n) is 3.70. The average molecular weight is 370 g/mol. The molecule has 0 bridgehead atoms. The Hall–Kier alpha value is -3.35. The van der Waals surface area contributed by atoms with Gasteiger partial charge in [-0.15, -0.1) is 0 Å². The highest BCUT2D eigenvalue weighted by molar-refractivity contribution is 6.04. The van der Waals surface area contributed by atoms with E-state index in [0.29, 0.717) is 25.8 Å². The summed E-state index contributed by atoms with van der Waals surface area (Å²) in [6.07, 6.45) is 5.00. The third-order valence-corrected chi connectivity index (χ3v) is 3.70. The van der Waals surface area contributed by atoms with Crippen molar-refractivity contribution in [3.8, 4) is 0 Å². The minimum Gasteiger partial charge on any atom is -0.481 e. The van der Waals surface area contributed by atoms with Crippen molar-refractivity contribution in [3.05, 3.63) is 65.7 Å². The fraction of sp³-hybridized carbons (Fsp3) is 0.250. The van der Waals surface area contributed by atoms with Gasteiger partial charge in [0.15, 0.2) is 5.76 Å². The van der Waals surface area contributed by atoms with E-state index in [1.807, 2.05) is 30.3 Å². The van der Waals surface area contributed by atoms with Crippen LogP contribution in [0.5, 0.6) is 0 Å². The molecule has 3 N–H and O–H groups in total. The van der Waals surface area contributed by atoms with Crippen LogP contribution in [0.2, 0.25) is 0 Å². The molecule has 7 nitrogen and oxygen atoms in total. The lowest BCUT2D eigenvalue weighted by molar-refractivity contribution is -0.137. The monoisotopic (exact) mass is 370 g/mol. The smallest absolute Gasteiger partial charge is 0.303 e. The highest BCUT2D eigenvalue weighted by Crippen LogP contribution is 2.08. The summed E-state index contributed by atoms with van der Waals surface area (Å²) in [4.78, 5) is 35.2. The molecular weight excluding hydrogens is 348 g/mol. The van der Waals surface area contributed by atoms with E-state index in [9.17, 15) is 14.4 Å². The van der Waals surface area contributed by atoms with E-state index in [1.54, 1.807) is 12.1 Å². The quantitative estimate of drug-likeness (QED) is 0.440. The van der Waals surface area contributed by atoms with Gasteiger partial charge < -0.3 is 20.2 Å². The van der Waals surface area contributed by atoms with Gasteiger partial charge in [-0.05, 0) is 36.6 Å². The second-order valence-corrected chi connectivity index (χ2v) is 5.86. The SMILES string of the molecule is O=C(O)CCCCCNC(=O)/C(=C/c1ccccc1)NC(=O)c1ccco1. The molecule has 7 heteroatoms. The molecule has 2 rings (SSSR count). The summed E-state index contributed by atoms with van der Waals surface area (Å²) in [6.45, 7) is 0.390. The van der Waals surface area contributed by atoms with Crippen LogP contribution in [0, 0.1) is 0 Å². The molecule has 0 aliphatic carbocycles. The molecule has 1 aromatic heterocycles. The van der Waals surface area contributed by atoms with Crippen LogP contribution in [0.25, 0.3) is 6.08 Å². The molecule has 1 heterocycles. The summed E-state index contributed by atoms with van der Waals surface area (Å²) in [5.41, 5.74) is 0.872. The molecule has 1 aromatic carbocycles. The topological polar surface area (TPSA) is 109 Å². The lowest BCUT2D eigenvalue weighted by Crippen LogP contribution is -2.35. The molecule has 0 atom stereocenters. The van der Waals surface area contributed by atoms with Crippen LogP contribution < -0.4 is 10.6 Å². The highest BCUT2D eigenvalue weighted by atomic mass is 16.4. The molecule has 0 saturated heterocycles. The Kier molecular flexibility index (Phi) is 7.84. The van der Waals surface area contributed by atoms with E-state index in [0.717, 1.165) is 5.56 Å². The zero-order valence-corrected chi connectivity index (χ0v) is 14.8. The number of carbonyl (C=O) groups is 3. The number of unbranched alkanes of at least 4 members (excludes halogenated alkanes) is 2. The number of rotatable bonds is 10. The largest absolute Gasteiger partial charge is 0.481 e. The average Bonchev–Trinajstić information content (AvgIpc) is 3.19. The lowest BCUT2D eigenvalue weighted by atomic mass is 10.1. The van der Waals surface area contributed by atoms with Crippen LogP contribution in [0.1, 0.15) is 41.8 Å². The van der Waals surface area contributed by atoms with E-state index < -0.39 is 17.8 Å². The third kappa shape index (κ3) is 7.19. The summed E-state index contributed by atoms with van der Waals surface area (Å²) < 4.78 is 5.05. The number of furan rings is 1. The zero-order valence-electron chi connectivity index (χ0n) is 14.8. The molecule has 2 amide bonds. The molecule has 0 aliphatic heterocycles. The van der Waals surface area contributed by atoms with Crippen molar-refractivity contribution in [2.75, 3.05) is 6.54 Å². The molecular formula is C20H22N2O5. The van der Waals surface area contributed by atoms with Crippen LogP contribution in [0.15, 0.2) is 58.8 Å². The molecule has 2 aromatic rings. The van der Waals surface area contributed by atoms with Gasteiger partial charge in [0.1, 0.15) is 5.70 Å². The summed E-state index contributed by atoms with van der Waals surface area (Å²) in [7, 11) is 0. The Morgan fingerprint density at radius 1 is 1.00 bits per heavy atom. The van der Waals surface area contributed by atoms with Crippen molar-refractivity contribution in [1.29, 1.82) is 0 Å². The molecule has 0 aliphatic rings. The number of benzene rings is 1. The van der Waals surface area contributed by atoms with Gasteiger partial charge in [-0.3, -0.25) is 14.4 Å². The Bertz CT molecular complexity index is 782. The van der Waals surface area contributed by atoms with Gasteiger partial charge in [0.25, 0.3) is 11.8 Å². The number of aliphatic carboxylic acids is 1. The van der Waals surface area contributed by atoms with Crippen molar-refractivity contribution >= 4 is 23.9 Å². The molecule has 27 heavy (non-hydrogen) atoms. The maximum absolute atomic E-state index is 12.5. The minimum atomic E-state index is -0.826. The summed E-state index contributed by atoms with van der Waals surface area (Å²) in [5.74, 6) is -1.65. The standard InChI is InChI=1S/C20H22N2O5/c23-18(24)11-5-2-6-12-21-19(25)16(14-15-8-3-1-4-9-15)22-20(26)17-10-7-13-27-17/h1,3-4,7-10,13-14H,2,5-6,11-12H2,(H,21,25)(H,22,26)(H,23,24)/b16-14-. The number of carbonyl (C=O) groups excluding carboxylic acids is 2. The van der Waals surface area contributed by atoms with Crippen molar-refractivity contribution in [3.63, 3.8) is 0 Å². The molecule has 142 valence electrons. The number of carboxylic acid groups (broad SMARTS) is 1. The van der Waals surface area contributed by atoms with Gasteiger partial charge >= 0.3 is 5.97 Å². The van der Waals surface area contributed by atoms with Crippen LogP contribution in [0.4, 0.5) is 0 Å². The fourth-order valence-corrected chi connectivity index (χ4v) is 2.34. The van der Waals surface area contributed by atoms with E-state index in [2.05, 4.69) is 10.6 Å². The lowest BCUT2D eigenvalue weighted by Gasteiger charge is -2.10. The maximum Gasteiger partial charge on any atom is 0.303 e. The van der Waals surface area contributed by atoms with Gasteiger partial charge in [0, 0.05) is 13.0 Å². The van der Waals surface area contributed by atoms with E-state index in [4.69, 9.17) is 9.52 Å². The Balaban J connectivity index is 1.96. The predicted octanol–water partition coefficient (Wildman–Crippen LogP) is 2.81. The minimum absolute atomic E-state index is 0.105. The van der Waals surface area contributed by atoms with Crippen LogP contribution >= 0.6 is 0 Å². The van der Waals surface area contributed by atoms with Crippen molar-refractivity contribution in [2.45, 2.75) is 25.7 Å². The first-order chi connectivity index (χ1) is 13.1. The second-order valence-electron chi connectivity index (χ2n) is 5.86. The van der Waals surface area contributed by atoms with Gasteiger partial charge in [-0.1, -0.05) is 36.8 Å². The molecule has 0 radical (unpaired) electrons. The van der Waals surface area contributed by atoms with Gasteiger partial charge in [0.05, 0.1) is 6.26 Å². The first kappa shape index (κ1) is 20.0. The van der Waals surface area contributed by atoms with Crippen LogP contribution in [-0.4, -0.2) is 29.4 Å². The normalized spacial score (nSPS) is 11.0. The number of hydrogen-bond acceptors (Lipinski definition) is 4. The Morgan fingerprint density at radius 2 is 1.78 bits per heavy atom. The molecule has 0 saturated carbocycles. The Labute approximate surface area is 157 Å². The summed E-state index contributed by atoms with van der Waals surface area (Å²) >= 11 is 0. The molecule has 0 unspecified atom stereocenters. The van der Waals surface area contributed by atoms with Crippen LogP contribution in [-0.2, 0) is 9.59 Å². The summed E-state index contributed by atoms with van der Waals surface area (Å²) in [5, 5.41) is 13.9.